The molecule has 0 radical (unpaired) electrons. The summed E-state index contributed by atoms with van der Waals surface area (Å²) in [6.45, 7) is 2.62. The molecule has 3 aromatic rings. The number of carboxylic acids is 2. The zero-order chi connectivity index (χ0) is 27.0. The molecular weight excluding hydrogens is 494 g/mol. The van der Waals surface area contributed by atoms with Crippen molar-refractivity contribution in [2.75, 3.05) is 13.7 Å². The lowest BCUT2D eigenvalue weighted by Crippen LogP contribution is -2.25. The van der Waals surface area contributed by atoms with Crippen LogP contribution in [0.1, 0.15) is 48.1 Å². The molecule has 1 heterocycles. The molecule has 0 bridgehead atoms. The highest BCUT2D eigenvalue weighted by molar-refractivity contribution is 7.10. The topological polar surface area (TPSA) is 122 Å². The smallest absolute Gasteiger partial charge is 0.311 e. The molecule has 0 aliphatic carbocycles. The summed E-state index contributed by atoms with van der Waals surface area (Å²) in [5.41, 5.74) is 2.09. The van der Waals surface area contributed by atoms with E-state index in [9.17, 15) is 14.4 Å². The number of carboxylic acid groups (broad SMARTS) is 2. The maximum atomic E-state index is 11.7. The number of methoxy groups -OCH3 is 1. The van der Waals surface area contributed by atoms with Crippen molar-refractivity contribution >= 4 is 29.2 Å². The van der Waals surface area contributed by atoms with Gasteiger partial charge >= 0.3 is 11.9 Å². The summed E-state index contributed by atoms with van der Waals surface area (Å²) in [4.78, 5) is 33.5. The van der Waals surface area contributed by atoms with Crippen LogP contribution in [0.4, 0.5) is 0 Å². The number of carbonyl (C=O) groups excluding carboxylic acids is 1. The van der Waals surface area contributed by atoms with Crippen LogP contribution in [0.5, 0.6) is 11.5 Å². The van der Waals surface area contributed by atoms with E-state index in [1.54, 1.807) is 14.0 Å². The summed E-state index contributed by atoms with van der Waals surface area (Å²) in [6, 6.07) is 19.3. The van der Waals surface area contributed by atoms with Crippen molar-refractivity contribution in [1.82, 2.24) is 5.32 Å². The lowest BCUT2D eigenvalue weighted by Gasteiger charge is -2.13. The zero-order valence-corrected chi connectivity index (χ0v) is 21.8. The van der Waals surface area contributed by atoms with E-state index in [0.29, 0.717) is 37.5 Å². The number of thiophene rings is 1. The largest absolute Gasteiger partial charge is 0.493 e. The average Bonchev–Trinajstić information content (AvgIpc) is 3.43. The number of carbonyl (C=O) groups is 3. The number of benzene rings is 2. The molecule has 9 heteroatoms. The Bertz CT molecular complexity index is 1120. The normalized spacial score (nSPS) is 11.0. The monoisotopic (exact) mass is 527 g/mol. The molecule has 1 amide bonds. The lowest BCUT2D eigenvalue weighted by atomic mass is 10.1. The maximum Gasteiger partial charge on any atom is 0.311 e. The van der Waals surface area contributed by atoms with Crippen molar-refractivity contribution in [2.45, 2.75) is 45.1 Å². The Labute approximate surface area is 220 Å². The Balaban J connectivity index is 0.000000402. The lowest BCUT2D eigenvalue weighted by molar-refractivity contribution is -0.138. The van der Waals surface area contributed by atoms with Gasteiger partial charge in [0.25, 0.3) is 0 Å². The Kier molecular flexibility index (Phi) is 12.7. The molecule has 37 heavy (non-hydrogen) atoms. The van der Waals surface area contributed by atoms with Crippen LogP contribution in [-0.2, 0) is 27.4 Å². The first-order valence-corrected chi connectivity index (χ1v) is 12.8. The van der Waals surface area contributed by atoms with Crippen LogP contribution in [0.2, 0.25) is 0 Å². The minimum Gasteiger partial charge on any atom is -0.493 e. The molecule has 1 unspecified atom stereocenters. The minimum atomic E-state index is -0.885. The van der Waals surface area contributed by atoms with E-state index >= 15 is 0 Å². The van der Waals surface area contributed by atoms with E-state index < -0.39 is 11.9 Å². The summed E-state index contributed by atoms with van der Waals surface area (Å²) in [5.74, 6) is -0.823. The molecule has 3 rings (SSSR count). The number of rotatable bonds is 13. The Morgan fingerprint density at radius 3 is 2.32 bits per heavy atom. The molecule has 1 atom stereocenters. The van der Waals surface area contributed by atoms with Crippen LogP contribution >= 0.6 is 11.3 Å². The number of nitrogens with one attached hydrogen (secondary N) is 1. The van der Waals surface area contributed by atoms with Crippen molar-refractivity contribution in [3.05, 3.63) is 82.0 Å². The fourth-order valence-corrected chi connectivity index (χ4v) is 4.00. The summed E-state index contributed by atoms with van der Waals surface area (Å²) in [7, 11) is 1.60. The fraction of sp³-hybridized carbons (Fsp3) is 0.321. The first-order valence-electron chi connectivity index (χ1n) is 11.9. The standard InChI is InChI=1S/C21H25NO5.C7H8O2S/c1-26-18-11-10-16(12-13-22-20(23)8-5-9-21(24)25)14-19(18)27-15-17-6-3-2-4-7-17;1-5(7(8)9)6-3-2-4-10-6/h2-4,6-7,10-11,14H,5,8-9,12-13,15H2,1H3,(H,22,23)(H,24,25);2-5H,1H3,(H,8,9). The minimum absolute atomic E-state index is 0.00795. The van der Waals surface area contributed by atoms with Gasteiger partial charge in [-0.3, -0.25) is 14.4 Å². The number of hydrogen-bond acceptors (Lipinski definition) is 6. The maximum absolute atomic E-state index is 11.7. The van der Waals surface area contributed by atoms with Crippen LogP contribution in [0.3, 0.4) is 0 Å². The van der Waals surface area contributed by atoms with Crippen LogP contribution in [0, 0.1) is 0 Å². The predicted octanol–water partition coefficient (Wildman–Crippen LogP) is 5.12. The third kappa shape index (κ3) is 11.2. The second-order valence-electron chi connectivity index (χ2n) is 8.18. The van der Waals surface area contributed by atoms with Crippen LogP contribution < -0.4 is 14.8 Å². The summed E-state index contributed by atoms with van der Waals surface area (Å²) in [6.07, 6.45) is 1.23. The van der Waals surface area contributed by atoms with Crippen molar-refractivity contribution in [3.63, 3.8) is 0 Å². The second kappa shape index (κ2) is 16.0. The van der Waals surface area contributed by atoms with Crippen molar-refractivity contribution in [1.29, 1.82) is 0 Å². The quantitative estimate of drug-likeness (QED) is 0.282. The molecule has 0 fully saturated rings. The Morgan fingerprint density at radius 2 is 1.70 bits per heavy atom. The molecule has 0 spiro atoms. The highest BCUT2D eigenvalue weighted by Gasteiger charge is 2.13. The van der Waals surface area contributed by atoms with E-state index in [-0.39, 0.29) is 24.7 Å². The van der Waals surface area contributed by atoms with Crippen molar-refractivity contribution in [3.8, 4) is 11.5 Å². The van der Waals surface area contributed by atoms with Gasteiger partial charge in [0.2, 0.25) is 5.91 Å². The van der Waals surface area contributed by atoms with Gasteiger partial charge in [-0.25, -0.2) is 0 Å². The van der Waals surface area contributed by atoms with Crippen LogP contribution in [0.15, 0.2) is 66.0 Å². The van der Waals surface area contributed by atoms with E-state index in [1.807, 2.05) is 66.0 Å². The molecule has 2 aromatic carbocycles. The van der Waals surface area contributed by atoms with E-state index in [2.05, 4.69) is 5.32 Å². The zero-order valence-electron chi connectivity index (χ0n) is 21.0. The molecule has 0 saturated carbocycles. The molecule has 198 valence electrons. The third-order valence-electron chi connectivity index (χ3n) is 5.34. The number of aliphatic carboxylic acids is 2. The molecule has 0 aliphatic rings. The molecule has 0 aliphatic heterocycles. The molecular formula is C28H33NO7S. The van der Waals surface area contributed by atoms with Gasteiger partial charge in [0.1, 0.15) is 6.61 Å². The van der Waals surface area contributed by atoms with E-state index in [4.69, 9.17) is 19.7 Å². The van der Waals surface area contributed by atoms with Gasteiger partial charge in [-0.05, 0) is 54.5 Å². The fourth-order valence-electron chi connectivity index (χ4n) is 3.22. The van der Waals surface area contributed by atoms with Crippen molar-refractivity contribution < 1.29 is 34.1 Å². The van der Waals surface area contributed by atoms with Gasteiger partial charge < -0.3 is 25.0 Å². The van der Waals surface area contributed by atoms with Crippen LogP contribution in [0.25, 0.3) is 0 Å². The first-order chi connectivity index (χ1) is 17.8. The number of hydrogen-bond donors (Lipinski definition) is 3. The molecule has 0 saturated heterocycles. The van der Waals surface area contributed by atoms with E-state index in [0.717, 1.165) is 16.0 Å². The predicted molar refractivity (Wildman–Crippen MR) is 142 cm³/mol. The molecule has 3 N–H and O–H groups in total. The van der Waals surface area contributed by atoms with Gasteiger partial charge in [0.15, 0.2) is 11.5 Å². The highest BCUT2D eigenvalue weighted by atomic mass is 32.1. The highest BCUT2D eigenvalue weighted by Crippen LogP contribution is 2.29. The number of amides is 1. The average molecular weight is 528 g/mol. The van der Waals surface area contributed by atoms with Gasteiger partial charge in [0.05, 0.1) is 13.0 Å². The molecule has 1 aromatic heterocycles. The number of ether oxygens (including phenoxy) is 2. The van der Waals surface area contributed by atoms with Gasteiger partial charge in [-0.1, -0.05) is 42.5 Å². The van der Waals surface area contributed by atoms with Crippen LogP contribution in [-0.4, -0.2) is 41.7 Å². The SMILES string of the molecule is CC(C(=O)O)c1cccs1.COc1ccc(CCNC(=O)CCCC(=O)O)cc1OCc1ccccc1. The van der Waals surface area contributed by atoms with Gasteiger partial charge in [-0.15, -0.1) is 11.3 Å². The Morgan fingerprint density at radius 1 is 0.946 bits per heavy atom. The Hall–Kier alpha value is -3.85. The summed E-state index contributed by atoms with van der Waals surface area (Å²) < 4.78 is 11.2. The van der Waals surface area contributed by atoms with Gasteiger partial charge in [-0.2, -0.15) is 0 Å². The first kappa shape index (κ1) is 29.4. The van der Waals surface area contributed by atoms with Gasteiger partial charge in [0, 0.05) is 24.3 Å². The van der Waals surface area contributed by atoms with E-state index in [1.165, 1.54) is 11.3 Å². The molecule has 8 nitrogen and oxygen atoms in total. The third-order valence-corrected chi connectivity index (χ3v) is 6.39. The summed E-state index contributed by atoms with van der Waals surface area (Å²) in [5, 5.41) is 21.8. The second-order valence-corrected chi connectivity index (χ2v) is 9.16. The summed E-state index contributed by atoms with van der Waals surface area (Å²) >= 11 is 1.48. The van der Waals surface area contributed by atoms with Crippen molar-refractivity contribution in [2.24, 2.45) is 0 Å².